The molecule has 0 saturated heterocycles. The van der Waals surface area contributed by atoms with Gasteiger partial charge >= 0.3 is 0 Å². The van der Waals surface area contributed by atoms with Gasteiger partial charge in [-0.25, -0.2) is 0 Å². The highest BCUT2D eigenvalue weighted by Crippen LogP contribution is 2.61. The Balaban J connectivity index is 1.02. The molecule has 1 spiro atoms. The van der Waals surface area contributed by atoms with Crippen molar-refractivity contribution in [1.82, 2.24) is 9.13 Å². The molecule has 10 aromatic rings. The van der Waals surface area contributed by atoms with Gasteiger partial charge in [-0.3, -0.25) is 0 Å². The van der Waals surface area contributed by atoms with Gasteiger partial charge in [-0.05, 0) is 94.5 Å². The fourth-order valence-electron chi connectivity index (χ4n) is 11.4. The van der Waals surface area contributed by atoms with Crippen molar-refractivity contribution in [2.24, 2.45) is 0 Å². The number of nitrogens with zero attached hydrogens (tertiary/aromatic N) is 3. The molecule has 3 atom stereocenters. The molecule has 0 bridgehead atoms. The quantitative estimate of drug-likeness (QED) is 0.174. The summed E-state index contributed by atoms with van der Waals surface area (Å²) in [4.78, 5) is 5.12. The molecule has 2 aromatic heterocycles. The van der Waals surface area contributed by atoms with Gasteiger partial charge < -0.3 is 14.0 Å². The van der Waals surface area contributed by atoms with Gasteiger partial charge in [-0.1, -0.05) is 145 Å². The van der Waals surface area contributed by atoms with Crippen LogP contribution in [0.3, 0.4) is 0 Å². The summed E-state index contributed by atoms with van der Waals surface area (Å²) in [7, 11) is 0. The standard InChI is InChI=1S/C55H35N3S/c1-7-22-46-36(14-1)37-15-2-8-23-47(37)56(46)34-28-30-35(31-29-34)57-48-24-9-4-17-39(48)41-32-45-53(33-51(41)57)59-52-27-12-6-20-43(52)55(45)42-19-5-11-26-50(42)58-49-25-10-3-16-38(49)40-18-13-21-44(55)54(40)58/h1-33,36,46H. The summed E-state index contributed by atoms with van der Waals surface area (Å²) in [6, 6.07) is 66.7. The Morgan fingerprint density at radius 1 is 0.424 bits per heavy atom. The van der Waals surface area contributed by atoms with E-state index in [1.54, 1.807) is 0 Å². The van der Waals surface area contributed by atoms with Gasteiger partial charge in [0.15, 0.2) is 0 Å². The first-order valence-corrected chi connectivity index (χ1v) is 21.4. The predicted molar refractivity (Wildman–Crippen MR) is 245 cm³/mol. The Morgan fingerprint density at radius 3 is 1.93 bits per heavy atom. The predicted octanol–water partition coefficient (Wildman–Crippen LogP) is 13.8. The molecule has 4 heteroatoms. The van der Waals surface area contributed by atoms with Gasteiger partial charge in [0.1, 0.15) is 0 Å². The van der Waals surface area contributed by atoms with E-state index >= 15 is 0 Å². The number of hydrogen-bond donors (Lipinski definition) is 0. The number of anilines is 2. The van der Waals surface area contributed by atoms with Crippen LogP contribution >= 0.6 is 11.8 Å². The molecular weight excluding hydrogens is 735 g/mol. The summed E-state index contributed by atoms with van der Waals surface area (Å²) in [5, 5.41) is 5.13. The van der Waals surface area contributed by atoms with Gasteiger partial charge in [-0.15, -0.1) is 0 Å². The van der Waals surface area contributed by atoms with Crippen molar-refractivity contribution in [3.8, 4) is 11.4 Å². The lowest BCUT2D eigenvalue weighted by Crippen LogP contribution is -2.37. The summed E-state index contributed by atoms with van der Waals surface area (Å²) in [6.45, 7) is 0. The van der Waals surface area contributed by atoms with Crippen LogP contribution < -0.4 is 4.90 Å². The van der Waals surface area contributed by atoms with Crippen LogP contribution in [0.25, 0.3) is 55.0 Å². The van der Waals surface area contributed by atoms with Crippen LogP contribution in [0.1, 0.15) is 33.7 Å². The maximum absolute atomic E-state index is 2.55. The van der Waals surface area contributed by atoms with Gasteiger partial charge in [0.05, 0.1) is 39.2 Å². The zero-order chi connectivity index (χ0) is 38.4. The van der Waals surface area contributed by atoms with Crippen LogP contribution in [0.4, 0.5) is 11.4 Å². The lowest BCUT2D eigenvalue weighted by atomic mass is 9.62. The molecule has 3 unspecified atom stereocenters. The summed E-state index contributed by atoms with van der Waals surface area (Å²) < 4.78 is 5.01. The topological polar surface area (TPSA) is 13.1 Å². The SMILES string of the molecule is C1=CC2c3ccccc3N(c3ccc(-n4c5ccccc5c5cc6c(cc54)Sc4ccccc4C64c5ccccc5-n5c6ccccc6c6cccc4c65)cc3)C2C=C1. The summed E-state index contributed by atoms with van der Waals surface area (Å²) in [6.07, 6.45) is 9.09. The van der Waals surface area contributed by atoms with Crippen LogP contribution in [-0.2, 0) is 5.41 Å². The van der Waals surface area contributed by atoms with Crippen molar-refractivity contribution in [1.29, 1.82) is 0 Å². The van der Waals surface area contributed by atoms with Crippen molar-refractivity contribution in [3.63, 3.8) is 0 Å². The van der Waals surface area contributed by atoms with Crippen LogP contribution in [0.5, 0.6) is 0 Å². The number of allylic oxidation sites excluding steroid dienone is 2. The normalized spacial score (nSPS) is 19.4. The third-order valence-corrected chi connectivity index (χ3v) is 14.8. The lowest BCUT2D eigenvalue weighted by Gasteiger charge is -2.45. The van der Waals surface area contributed by atoms with Crippen LogP contribution in [0, 0.1) is 0 Å². The number of aromatic nitrogens is 2. The molecular formula is C55H35N3S. The number of fused-ring (bicyclic) bond motifs is 17. The highest BCUT2D eigenvalue weighted by molar-refractivity contribution is 7.99. The van der Waals surface area contributed by atoms with Crippen LogP contribution in [0.15, 0.2) is 210 Å². The molecule has 0 radical (unpaired) electrons. The Kier molecular flexibility index (Phi) is 6.27. The monoisotopic (exact) mass is 769 g/mol. The summed E-state index contributed by atoms with van der Waals surface area (Å²) >= 11 is 1.91. The van der Waals surface area contributed by atoms with Crippen molar-refractivity contribution in [3.05, 3.63) is 228 Å². The highest BCUT2D eigenvalue weighted by Gasteiger charge is 2.49. The molecule has 1 aliphatic carbocycles. The van der Waals surface area contributed by atoms with E-state index in [2.05, 4.69) is 214 Å². The fraction of sp³-hybridized carbons (Fsp3) is 0.0545. The number of rotatable bonds is 2. The smallest absolute Gasteiger partial charge is 0.0764 e. The van der Waals surface area contributed by atoms with E-state index in [9.17, 15) is 0 Å². The molecule has 0 fully saturated rings. The molecule has 4 aliphatic rings. The zero-order valence-corrected chi connectivity index (χ0v) is 32.8. The molecule has 0 N–H and O–H groups in total. The molecule has 0 saturated carbocycles. The molecule has 14 rings (SSSR count). The van der Waals surface area contributed by atoms with Crippen molar-refractivity contribution >= 4 is 66.7 Å². The highest BCUT2D eigenvalue weighted by atomic mass is 32.2. The maximum atomic E-state index is 2.55. The van der Waals surface area contributed by atoms with E-state index in [1.165, 1.54) is 98.3 Å². The molecule has 3 aliphatic heterocycles. The van der Waals surface area contributed by atoms with E-state index < -0.39 is 5.41 Å². The Hall–Kier alpha value is -7.01. The molecule has 0 amide bonds. The van der Waals surface area contributed by atoms with E-state index in [-0.39, 0.29) is 6.04 Å². The summed E-state index contributed by atoms with van der Waals surface area (Å²) in [5.74, 6) is 0.358. The first-order valence-electron chi connectivity index (χ1n) is 20.6. The van der Waals surface area contributed by atoms with E-state index in [4.69, 9.17) is 0 Å². The summed E-state index contributed by atoms with van der Waals surface area (Å²) in [5.41, 5.74) is 16.1. The van der Waals surface area contributed by atoms with Crippen molar-refractivity contribution in [2.75, 3.05) is 4.90 Å². The minimum absolute atomic E-state index is 0.271. The Labute approximate surface area is 345 Å². The third-order valence-electron chi connectivity index (χ3n) is 13.7. The zero-order valence-electron chi connectivity index (χ0n) is 32.0. The largest absolute Gasteiger partial charge is 0.333 e. The average Bonchev–Trinajstić information content (AvgIpc) is 3.93. The van der Waals surface area contributed by atoms with Crippen LogP contribution in [0.2, 0.25) is 0 Å². The molecule has 59 heavy (non-hydrogen) atoms. The molecule has 8 aromatic carbocycles. The first kappa shape index (κ1) is 32.0. The lowest BCUT2D eigenvalue weighted by molar-refractivity contribution is 0.691. The Bertz CT molecular complexity index is 3510. The van der Waals surface area contributed by atoms with E-state index in [1.807, 2.05) is 11.8 Å². The number of hydrogen-bond acceptors (Lipinski definition) is 2. The second-order valence-corrected chi connectivity index (χ2v) is 17.5. The minimum atomic E-state index is -0.524. The van der Waals surface area contributed by atoms with Gasteiger partial charge in [0, 0.05) is 54.3 Å². The fourth-order valence-corrected chi connectivity index (χ4v) is 12.6. The van der Waals surface area contributed by atoms with Crippen LogP contribution in [-0.4, -0.2) is 15.2 Å². The molecule has 276 valence electrons. The number of benzene rings is 8. The minimum Gasteiger partial charge on any atom is -0.333 e. The van der Waals surface area contributed by atoms with Gasteiger partial charge in [0.2, 0.25) is 0 Å². The maximum Gasteiger partial charge on any atom is 0.0764 e. The van der Waals surface area contributed by atoms with Gasteiger partial charge in [0.25, 0.3) is 0 Å². The second-order valence-electron chi connectivity index (χ2n) is 16.4. The second kappa shape index (κ2) is 11.6. The van der Waals surface area contributed by atoms with Gasteiger partial charge in [-0.2, -0.15) is 0 Å². The third kappa shape index (κ3) is 4.00. The molecule has 5 heterocycles. The molecule has 3 nitrogen and oxygen atoms in total. The Morgan fingerprint density at radius 2 is 1.07 bits per heavy atom. The average molecular weight is 770 g/mol. The van der Waals surface area contributed by atoms with E-state index in [0.717, 1.165) is 5.69 Å². The van der Waals surface area contributed by atoms with E-state index in [0.29, 0.717) is 5.92 Å². The number of para-hydroxylation sites is 5. The van der Waals surface area contributed by atoms with Crippen molar-refractivity contribution in [2.45, 2.75) is 27.2 Å². The first-order chi connectivity index (χ1) is 29.3. The van der Waals surface area contributed by atoms with Crippen molar-refractivity contribution < 1.29 is 0 Å².